The molecule has 2 heterocycles. The van der Waals surface area contributed by atoms with E-state index in [1.807, 2.05) is 6.07 Å². The van der Waals surface area contributed by atoms with Gasteiger partial charge in [0.05, 0.1) is 27.9 Å². The number of nitrogens with zero attached hydrogens (tertiary/aromatic N) is 4. The average Bonchev–Trinajstić information content (AvgIpc) is 3.61. The van der Waals surface area contributed by atoms with Crippen molar-refractivity contribution in [2.24, 2.45) is 0 Å². The molecule has 52 heavy (non-hydrogen) atoms. The summed E-state index contributed by atoms with van der Waals surface area (Å²) in [6.07, 6.45) is 0. The molecule has 10 rings (SSSR count). The standard InChI is InChI=1S/C48H32N4/c1-4-20-36(21-5-1)51(37-22-6-2-7-23-37)44-32-33-17-10-11-26-39(33)45-40-27-12-13-28-41(40)49-47(46(44)45)34-18-16-19-35(31-34)48-50-42-29-14-15-30-43(42)52(48)38-24-8-3-9-25-38/h1-32H. The van der Waals surface area contributed by atoms with Gasteiger partial charge in [-0.3, -0.25) is 4.57 Å². The Bertz CT molecular complexity index is 2840. The molecule has 0 aliphatic rings. The van der Waals surface area contributed by atoms with Gasteiger partial charge in [0, 0.05) is 44.3 Å². The van der Waals surface area contributed by atoms with Gasteiger partial charge in [-0.15, -0.1) is 0 Å². The molecule has 8 aromatic carbocycles. The number of aromatic nitrogens is 3. The van der Waals surface area contributed by atoms with Gasteiger partial charge in [0.15, 0.2) is 0 Å². The van der Waals surface area contributed by atoms with Gasteiger partial charge in [-0.25, -0.2) is 9.97 Å². The molecular formula is C48H32N4. The highest BCUT2D eigenvalue weighted by atomic mass is 15.1. The maximum absolute atomic E-state index is 5.52. The van der Waals surface area contributed by atoms with Crippen LogP contribution in [-0.2, 0) is 0 Å². The van der Waals surface area contributed by atoms with E-state index < -0.39 is 0 Å². The summed E-state index contributed by atoms with van der Waals surface area (Å²) >= 11 is 0. The van der Waals surface area contributed by atoms with Gasteiger partial charge in [-0.2, -0.15) is 0 Å². The minimum atomic E-state index is 0.889. The van der Waals surface area contributed by atoms with Crippen molar-refractivity contribution in [3.63, 3.8) is 0 Å². The first-order valence-corrected chi connectivity index (χ1v) is 17.6. The fraction of sp³-hybridized carbons (Fsp3) is 0. The number of imidazole rings is 1. The lowest BCUT2D eigenvalue weighted by Crippen LogP contribution is -2.11. The van der Waals surface area contributed by atoms with Crippen LogP contribution in [0.25, 0.3) is 71.8 Å². The summed E-state index contributed by atoms with van der Waals surface area (Å²) in [5.74, 6) is 0.889. The first-order valence-electron chi connectivity index (χ1n) is 17.6. The third-order valence-corrected chi connectivity index (χ3v) is 9.91. The normalized spacial score (nSPS) is 11.5. The molecule has 10 aromatic rings. The van der Waals surface area contributed by atoms with Crippen molar-refractivity contribution in [2.75, 3.05) is 4.90 Å². The van der Waals surface area contributed by atoms with Crippen LogP contribution in [0.5, 0.6) is 0 Å². The highest BCUT2D eigenvalue weighted by Gasteiger charge is 2.23. The molecule has 0 saturated carbocycles. The molecule has 0 atom stereocenters. The fourth-order valence-electron chi connectivity index (χ4n) is 7.64. The maximum Gasteiger partial charge on any atom is 0.145 e. The predicted molar refractivity (Wildman–Crippen MR) is 217 cm³/mol. The van der Waals surface area contributed by atoms with Crippen molar-refractivity contribution < 1.29 is 0 Å². The van der Waals surface area contributed by atoms with E-state index in [-0.39, 0.29) is 0 Å². The summed E-state index contributed by atoms with van der Waals surface area (Å²) in [7, 11) is 0. The summed E-state index contributed by atoms with van der Waals surface area (Å²) < 4.78 is 2.26. The lowest BCUT2D eigenvalue weighted by molar-refractivity contribution is 1.10. The van der Waals surface area contributed by atoms with E-state index in [9.17, 15) is 0 Å². The molecule has 244 valence electrons. The Hall–Kier alpha value is -7.04. The molecule has 2 aromatic heterocycles. The molecule has 4 nitrogen and oxygen atoms in total. The van der Waals surface area contributed by atoms with Crippen molar-refractivity contribution in [2.45, 2.75) is 0 Å². The molecule has 0 aliphatic carbocycles. The second-order valence-corrected chi connectivity index (χ2v) is 13.0. The van der Waals surface area contributed by atoms with Crippen LogP contribution in [0.15, 0.2) is 194 Å². The zero-order chi connectivity index (χ0) is 34.4. The van der Waals surface area contributed by atoms with Crippen LogP contribution in [0.2, 0.25) is 0 Å². The first kappa shape index (κ1) is 29.8. The fourth-order valence-corrected chi connectivity index (χ4v) is 7.64. The number of rotatable bonds is 6. The van der Waals surface area contributed by atoms with Gasteiger partial charge in [0.25, 0.3) is 0 Å². The zero-order valence-corrected chi connectivity index (χ0v) is 28.3. The smallest absolute Gasteiger partial charge is 0.145 e. The maximum atomic E-state index is 5.52. The quantitative estimate of drug-likeness (QED) is 0.166. The van der Waals surface area contributed by atoms with E-state index in [0.29, 0.717) is 0 Å². The Balaban J connectivity index is 1.31. The average molecular weight is 665 g/mol. The summed E-state index contributed by atoms with van der Waals surface area (Å²) in [5.41, 5.74) is 10.3. The molecule has 0 fully saturated rings. The van der Waals surface area contributed by atoms with E-state index in [2.05, 4.69) is 198 Å². The molecule has 0 aliphatic heterocycles. The molecule has 0 bridgehead atoms. The van der Waals surface area contributed by atoms with Crippen LogP contribution in [0.3, 0.4) is 0 Å². The van der Waals surface area contributed by atoms with E-state index in [0.717, 1.165) is 72.7 Å². The van der Waals surface area contributed by atoms with Crippen LogP contribution in [0.4, 0.5) is 17.1 Å². The molecule has 0 saturated heterocycles. The third kappa shape index (κ3) is 4.92. The topological polar surface area (TPSA) is 34.0 Å². The minimum Gasteiger partial charge on any atom is -0.310 e. The highest BCUT2D eigenvalue weighted by Crippen LogP contribution is 2.47. The van der Waals surface area contributed by atoms with E-state index >= 15 is 0 Å². The van der Waals surface area contributed by atoms with Crippen molar-refractivity contribution in [3.05, 3.63) is 194 Å². The van der Waals surface area contributed by atoms with Gasteiger partial charge >= 0.3 is 0 Å². The number of para-hydroxylation sites is 6. The number of benzene rings is 8. The van der Waals surface area contributed by atoms with E-state index in [1.165, 1.54) is 16.2 Å². The second kappa shape index (κ2) is 12.4. The summed E-state index contributed by atoms with van der Waals surface area (Å²) in [6, 6.07) is 68.4. The Morgan fingerprint density at radius 1 is 0.423 bits per heavy atom. The van der Waals surface area contributed by atoms with Gasteiger partial charge in [-0.05, 0) is 77.5 Å². The molecule has 0 amide bonds. The van der Waals surface area contributed by atoms with Crippen molar-refractivity contribution in [1.82, 2.24) is 14.5 Å². The monoisotopic (exact) mass is 664 g/mol. The molecular weight excluding hydrogens is 633 g/mol. The second-order valence-electron chi connectivity index (χ2n) is 13.0. The number of pyridine rings is 1. The summed E-state index contributed by atoms with van der Waals surface area (Å²) in [4.78, 5) is 13.1. The van der Waals surface area contributed by atoms with Gasteiger partial charge < -0.3 is 4.90 Å². The van der Waals surface area contributed by atoms with Gasteiger partial charge in [0.2, 0.25) is 0 Å². The summed E-state index contributed by atoms with van der Waals surface area (Å²) in [6.45, 7) is 0. The molecule has 0 N–H and O–H groups in total. The lowest BCUT2D eigenvalue weighted by atomic mass is 9.92. The van der Waals surface area contributed by atoms with E-state index in [4.69, 9.17) is 9.97 Å². The van der Waals surface area contributed by atoms with E-state index in [1.54, 1.807) is 0 Å². The Kier molecular flexibility index (Phi) is 7.10. The number of fused-ring (bicyclic) bond motifs is 6. The van der Waals surface area contributed by atoms with Crippen molar-refractivity contribution >= 4 is 60.5 Å². The Morgan fingerprint density at radius 3 is 1.77 bits per heavy atom. The number of anilines is 3. The van der Waals surface area contributed by atoms with Crippen LogP contribution >= 0.6 is 0 Å². The van der Waals surface area contributed by atoms with Crippen LogP contribution in [0, 0.1) is 0 Å². The summed E-state index contributed by atoms with van der Waals surface area (Å²) in [5, 5.41) is 5.78. The molecule has 0 spiro atoms. The zero-order valence-electron chi connectivity index (χ0n) is 28.3. The third-order valence-electron chi connectivity index (χ3n) is 9.91. The Labute approximate surface area is 301 Å². The number of hydrogen-bond donors (Lipinski definition) is 0. The molecule has 4 heteroatoms. The van der Waals surface area contributed by atoms with Crippen LogP contribution in [-0.4, -0.2) is 14.5 Å². The van der Waals surface area contributed by atoms with Crippen molar-refractivity contribution in [3.8, 4) is 28.3 Å². The van der Waals surface area contributed by atoms with Crippen LogP contribution in [0.1, 0.15) is 0 Å². The predicted octanol–water partition coefficient (Wildman–Crippen LogP) is 12.7. The first-order chi connectivity index (χ1) is 25.8. The lowest BCUT2D eigenvalue weighted by Gasteiger charge is -2.28. The molecule has 0 unspecified atom stereocenters. The largest absolute Gasteiger partial charge is 0.310 e. The Morgan fingerprint density at radius 2 is 1.02 bits per heavy atom. The minimum absolute atomic E-state index is 0.889. The number of hydrogen-bond acceptors (Lipinski definition) is 3. The van der Waals surface area contributed by atoms with Gasteiger partial charge in [-0.1, -0.05) is 127 Å². The van der Waals surface area contributed by atoms with Crippen molar-refractivity contribution in [1.29, 1.82) is 0 Å². The highest BCUT2D eigenvalue weighted by molar-refractivity contribution is 6.27. The van der Waals surface area contributed by atoms with Crippen LogP contribution < -0.4 is 4.90 Å². The SMILES string of the molecule is c1ccc(N(c2ccccc2)c2cc3ccccc3c3c2c(-c2cccc(-c4nc5ccccc5n4-c4ccccc4)c2)nc2ccccc23)cc1. The molecule has 0 radical (unpaired) electrons. The van der Waals surface area contributed by atoms with Gasteiger partial charge in [0.1, 0.15) is 5.82 Å².